The first-order valence-electron chi connectivity index (χ1n) is 7.42. The largest absolute Gasteiger partial charge is 0.488 e. The summed E-state index contributed by atoms with van der Waals surface area (Å²) < 4.78 is 10.6. The topological polar surface area (TPSA) is 64.6 Å². The molecule has 1 aliphatic rings. The number of amides is 1. The maximum atomic E-state index is 12.3. The van der Waals surface area contributed by atoms with Crippen molar-refractivity contribution >= 4 is 23.2 Å². The fraction of sp³-hybridized carbons (Fsp3) is 0.294. The molecule has 23 heavy (non-hydrogen) atoms. The van der Waals surface area contributed by atoms with Crippen LogP contribution in [0.3, 0.4) is 0 Å². The third-order valence-electron chi connectivity index (χ3n) is 3.54. The normalized spacial score (nSPS) is 13.3. The Kier molecular flexibility index (Phi) is 4.34. The van der Waals surface area contributed by atoms with Gasteiger partial charge in [0.15, 0.2) is 0 Å². The molecule has 5 nitrogen and oxygen atoms in total. The Morgan fingerprint density at radius 3 is 2.96 bits per heavy atom. The lowest BCUT2D eigenvalue weighted by atomic mass is 10.1. The predicted octanol–water partition coefficient (Wildman–Crippen LogP) is 2.99. The van der Waals surface area contributed by atoms with Gasteiger partial charge in [-0.1, -0.05) is 12.1 Å². The van der Waals surface area contributed by atoms with Crippen molar-refractivity contribution in [1.82, 2.24) is 5.32 Å². The second-order valence-corrected chi connectivity index (χ2v) is 6.25. The second-order valence-electron chi connectivity index (χ2n) is 5.20. The summed E-state index contributed by atoms with van der Waals surface area (Å²) in [6, 6.07) is 8.91. The third kappa shape index (κ3) is 3.07. The lowest BCUT2D eigenvalue weighted by Gasteiger charge is -2.16. The summed E-state index contributed by atoms with van der Waals surface area (Å²) in [6.07, 6.45) is 0. The highest BCUT2D eigenvalue weighted by Gasteiger charge is 2.24. The molecule has 3 rings (SSSR count). The Morgan fingerprint density at radius 1 is 1.39 bits per heavy atom. The summed E-state index contributed by atoms with van der Waals surface area (Å²) >= 11 is 1.41. The molecular weight excluding hydrogens is 314 g/mol. The van der Waals surface area contributed by atoms with Crippen molar-refractivity contribution in [2.75, 3.05) is 6.61 Å². The molecule has 6 heteroatoms. The average molecular weight is 331 g/mol. The Labute approximate surface area is 138 Å². The van der Waals surface area contributed by atoms with Gasteiger partial charge in [0, 0.05) is 16.0 Å². The minimum absolute atomic E-state index is 0.276. The van der Waals surface area contributed by atoms with Gasteiger partial charge in [0.1, 0.15) is 18.4 Å². The van der Waals surface area contributed by atoms with Crippen molar-refractivity contribution in [1.29, 1.82) is 0 Å². The molecule has 0 spiro atoms. The van der Waals surface area contributed by atoms with Crippen LogP contribution in [0.25, 0.3) is 10.4 Å². The zero-order chi connectivity index (χ0) is 16.4. The van der Waals surface area contributed by atoms with E-state index in [1.54, 1.807) is 13.8 Å². The Morgan fingerprint density at radius 2 is 2.17 bits per heavy atom. The van der Waals surface area contributed by atoms with Gasteiger partial charge in [0.25, 0.3) is 5.91 Å². The number of esters is 1. The number of carbonyl (C=O) groups excluding carboxylic acids is 2. The maximum Gasteiger partial charge on any atom is 0.328 e. The summed E-state index contributed by atoms with van der Waals surface area (Å²) in [4.78, 5) is 25.6. The molecule has 0 unspecified atom stereocenters. The van der Waals surface area contributed by atoms with Crippen LogP contribution in [0.2, 0.25) is 0 Å². The van der Waals surface area contributed by atoms with E-state index < -0.39 is 12.0 Å². The van der Waals surface area contributed by atoms with E-state index in [-0.39, 0.29) is 5.91 Å². The molecule has 0 fully saturated rings. The van der Waals surface area contributed by atoms with Crippen LogP contribution in [0.15, 0.2) is 30.3 Å². The van der Waals surface area contributed by atoms with Crippen molar-refractivity contribution < 1.29 is 19.1 Å². The quantitative estimate of drug-likeness (QED) is 0.875. The first-order valence-corrected chi connectivity index (χ1v) is 8.24. The van der Waals surface area contributed by atoms with Gasteiger partial charge in [-0.15, -0.1) is 11.3 Å². The summed E-state index contributed by atoms with van der Waals surface area (Å²) in [5.74, 6) is 0.118. The smallest absolute Gasteiger partial charge is 0.328 e. The molecule has 1 atom stereocenters. The third-order valence-corrected chi connectivity index (χ3v) is 4.74. The first-order chi connectivity index (χ1) is 11.1. The van der Waals surface area contributed by atoms with Gasteiger partial charge >= 0.3 is 5.97 Å². The molecule has 1 amide bonds. The molecule has 1 N–H and O–H groups in total. The molecule has 1 aromatic heterocycles. The van der Waals surface area contributed by atoms with Crippen LogP contribution in [0, 0.1) is 0 Å². The van der Waals surface area contributed by atoms with Crippen molar-refractivity contribution in [3.63, 3.8) is 0 Å². The Bertz CT molecular complexity index is 753. The van der Waals surface area contributed by atoms with E-state index in [0.29, 0.717) is 18.1 Å². The molecular formula is C17H17NO4S. The molecule has 1 aromatic carbocycles. The van der Waals surface area contributed by atoms with E-state index in [0.717, 1.165) is 21.8 Å². The van der Waals surface area contributed by atoms with Gasteiger partial charge in [-0.25, -0.2) is 4.79 Å². The van der Waals surface area contributed by atoms with Crippen LogP contribution in [0.1, 0.15) is 29.1 Å². The average Bonchev–Trinajstić information content (AvgIpc) is 2.99. The molecule has 1 aliphatic heterocycles. The van der Waals surface area contributed by atoms with E-state index in [1.807, 2.05) is 30.3 Å². The standard InChI is InChI=1S/C17H17NO4S/c1-3-21-17(20)10(2)18-16(19)14-8-11-9-22-13-7-5-4-6-12(13)15(11)23-14/h4-8,10H,3,9H2,1-2H3,(H,18,19)/t10-/m0/s1. The number of carbonyl (C=O) groups is 2. The van der Waals surface area contributed by atoms with Crippen LogP contribution >= 0.6 is 11.3 Å². The van der Waals surface area contributed by atoms with Gasteiger partial charge in [0.2, 0.25) is 0 Å². The van der Waals surface area contributed by atoms with Gasteiger partial charge < -0.3 is 14.8 Å². The number of hydrogen-bond donors (Lipinski definition) is 1. The maximum absolute atomic E-state index is 12.3. The van der Waals surface area contributed by atoms with Crippen LogP contribution in [0.5, 0.6) is 5.75 Å². The highest BCUT2D eigenvalue weighted by molar-refractivity contribution is 7.17. The van der Waals surface area contributed by atoms with Crippen LogP contribution in [-0.4, -0.2) is 24.5 Å². The summed E-state index contributed by atoms with van der Waals surface area (Å²) in [5.41, 5.74) is 1.99. The van der Waals surface area contributed by atoms with Gasteiger partial charge in [0.05, 0.1) is 11.5 Å². The monoisotopic (exact) mass is 331 g/mol. The molecule has 2 aromatic rings. The van der Waals surface area contributed by atoms with Crippen molar-refractivity contribution in [3.8, 4) is 16.2 Å². The highest BCUT2D eigenvalue weighted by atomic mass is 32.1. The SMILES string of the molecule is CCOC(=O)[C@H](C)NC(=O)c1cc2c(s1)-c1ccccc1OC2. The minimum atomic E-state index is -0.676. The number of thiophene rings is 1. The van der Waals surface area contributed by atoms with E-state index in [1.165, 1.54) is 11.3 Å². The molecule has 2 heterocycles. The molecule has 0 radical (unpaired) electrons. The lowest BCUT2D eigenvalue weighted by molar-refractivity contribution is -0.144. The number of rotatable bonds is 4. The van der Waals surface area contributed by atoms with E-state index >= 15 is 0 Å². The minimum Gasteiger partial charge on any atom is -0.488 e. The van der Waals surface area contributed by atoms with Gasteiger partial charge in [-0.3, -0.25) is 4.79 Å². The molecule has 0 saturated heterocycles. The number of para-hydroxylation sites is 1. The second kappa shape index (κ2) is 6.42. The number of ether oxygens (including phenoxy) is 2. The number of nitrogens with one attached hydrogen (secondary N) is 1. The molecule has 0 saturated carbocycles. The van der Waals surface area contributed by atoms with Crippen molar-refractivity contribution in [2.24, 2.45) is 0 Å². The number of benzene rings is 1. The summed E-state index contributed by atoms with van der Waals surface area (Å²) in [5, 5.41) is 2.67. The van der Waals surface area contributed by atoms with Crippen molar-refractivity contribution in [2.45, 2.75) is 26.5 Å². The highest BCUT2D eigenvalue weighted by Crippen LogP contribution is 2.42. The van der Waals surface area contributed by atoms with Crippen LogP contribution in [0.4, 0.5) is 0 Å². The Hall–Kier alpha value is -2.34. The van der Waals surface area contributed by atoms with E-state index in [2.05, 4.69) is 5.32 Å². The number of fused-ring (bicyclic) bond motifs is 3. The van der Waals surface area contributed by atoms with Crippen LogP contribution < -0.4 is 10.1 Å². The number of hydrogen-bond acceptors (Lipinski definition) is 5. The fourth-order valence-corrected chi connectivity index (χ4v) is 3.51. The van der Waals surface area contributed by atoms with Crippen LogP contribution in [-0.2, 0) is 16.1 Å². The van der Waals surface area contributed by atoms with E-state index in [4.69, 9.17) is 9.47 Å². The summed E-state index contributed by atoms with van der Waals surface area (Å²) in [7, 11) is 0. The summed E-state index contributed by atoms with van der Waals surface area (Å²) in [6.45, 7) is 4.09. The first kappa shape index (κ1) is 15.6. The van der Waals surface area contributed by atoms with E-state index in [9.17, 15) is 9.59 Å². The lowest BCUT2D eigenvalue weighted by Crippen LogP contribution is -2.39. The van der Waals surface area contributed by atoms with Gasteiger partial charge in [-0.2, -0.15) is 0 Å². The fourth-order valence-electron chi connectivity index (χ4n) is 2.41. The zero-order valence-electron chi connectivity index (χ0n) is 12.9. The predicted molar refractivity (Wildman–Crippen MR) is 87.6 cm³/mol. The molecule has 120 valence electrons. The zero-order valence-corrected chi connectivity index (χ0v) is 13.7. The molecule has 0 aliphatic carbocycles. The molecule has 0 bridgehead atoms. The Balaban J connectivity index is 1.80. The van der Waals surface area contributed by atoms with Gasteiger partial charge in [-0.05, 0) is 32.0 Å². The van der Waals surface area contributed by atoms with Crippen molar-refractivity contribution in [3.05, 3.63) is 40.8 Å².